The summed E-state index contributed by atoms with van der Waals surface area (Å²) in [6.07, 6.45) is 1.33. The number of aryl methyl sites for hydroxylation is 1. The Balaban J connectivity index is 3.49. The Kier molecular flexibility index (Phi) is 4.81. The van der Waals surface area contributed by atoms with Crippen molar-refractivity contribution in [2.45, 2.75) is 26.3 Å². The Morgan fingerprint density at radius 2 is 2.05 bits per heavy atom. The van der Waals surface area contributed by atoms with Gasteiger partial charge in [-0.2, -0.15) is 0 Å². The second-order valence-corrected chi connectivity index (χ2v) is 6.61. The minimum Gasteiger partial charge on any atom is -0.368 e. The third-order valence-corrected chi connectivity index (χ3v) is 4.16. The van der Waals surface area contributed by atoms with Crippen molar-refractivity contribution < 1.29 is 13.2 Å². The van der Waals surface area contributed by atoms with Gasteiger partial charge in [0.1, 0.15) is 6.04 Å². The van der Waals surface area contributed by atoms with E-state index in [1.165, 1.54) is 6.07 Å². The van der Waals surface area contributed by atoms with Gasteiger partial charge >= 0.3 is 0 Å². The van der Waals surface area contributed by atoms with Crippen molar-refractivity contribution in [2.24, 2.45) is 5.73 Å². The predicted molar refractivity (Wildman–Crippen MR) is 76.8 cm³/mol. The fourth-order valence-corrected chi connectivity index (χ4v) is 3.32. The van der Waals surface area contributed by atoms with Crippen LogP contribution in [0.1, 0.15) is 18.9 Å². The second-order valence-electron chi connectivity index (χ2n) is 4.32. The molecular weight excluding hydrogens is 288 g/mol. The van der Waals surface area contributed by atoms with Gasteiger partial charge in [-0.3, -0.25) is 9.10 Å². The molecule has 5 nitrogen and oxygen atoms in total. The van der Waals surface area contributed by atoms with Crippen molar-refractivity contribution in [1.82, 2.24) is 0 Å². The van der Waals surface area contributed by atoms with Gasteiger partial charge in [0.15, 0.2) is 0 Å². The summed E-state index contributed by atoms with van der Waals surface area (Å²) in [7, 11) is -3.64. The Bertz CT molecular complexity index is 587. The molecule has 19 heavy (non-hydrogen) atoms. The monoisotopic (exact) mass is 304 g/mol. The van der Waals surface area contributed by atoms with Crippen LogP contribution in [-0.2, 0) is 14.8 Å². The van der Waals surface area contributed by atoms with Crippen LogP contribution in [0.2, 0.25) is 5.02 Å². The lowest BCUT2D eigenvalue weighted by molar-refractivity contribution is -0.119. The molecule has 7 heteroatoms. The lowest BCUT2D eigenvalue weighted by Gasteiger charge is -2.30. The van der Waals surface area contributed by atoms with Gasteiger partial charge in [0.05, 0.1) is 11.9 Å². The molecule has 0 saturated heterocycles. The van der Waals surface area contributed by atoms with Gasteiger partial charge in [0.2, 0.25) is 15.9 Å². The molecule has 0 aliphatic carbocycles. The lowest BCUT2D eigenvalue weighted by Crippen LogP contribution is -2.47. The number of sulfonamides is 1. The molecule has 0 aliphatic rings. The van der Waals surface area contributed by atoms with Crippen LogP contribution in [0.5, 0.6) is 0 Å². The molecule has 0 radical (unpaired) electrons. The van der Waals surface area contributed by atoms with Crippen molar-refractivity contribution in [3.05, 3.63) is 28.8 Å². The molecule has 1 aromatic rings. The molecule has 0 aromatic heterocycles. The second kappa shape index (κ2) is 5.79. The van der Waals surface area contributed by atoms with Crippen LogP contribution in [0.4, 0.5) is 5.69 Å². The summed E-state index contributed by atoms with van der Waals surface area (Å²) < 4.78 is 25.0. The highest BCUT2D eigenvalue weighted by molar-refractivity contribution is 7.92. The first-order chi connectivity index (χ1) is 8.68. The Hall–Kier alpha value is -1.27. The molecule has 106 valence electrons. The maximum absolute atomic E-state index is 12.0. The molecule has 0 fully saturated rings. The number of rotatable bonds is 5. The molecule has 1 atom stereocenters. The molecule has 0 aliphatic heterocycles. The van der Waals surface area contributed by atoms with E-state index < -0.39 is 22.0 Å². The van der Waals surface area contributed by atoms with E-state index in [1.807, 2.05) is 0 Å². The van der Waals surface area contributed by atoms with Crippen LogP contribution >= 0.6 is 11.6 Å². The Morgan fingerprint density at radius 3 is 2.47 bits per heavy atom. The minimum absolute atomic E-state index is 0.286. The van der Waals surface area contributed by atoms with Gasteiger partial charge < -0.3 is 5.73 Å². The zero-order chi connectivity index (χ0) is 14.8. The summed E-state index contributed by atoms with van der Waals surface area (Å²) in [6.45, 7) is 3.45. The molecule has 0 heterocycles. The van der Waals surface area contributed by atoms with Gasteiger partial charge in [0, 0.05) is 5.02 Å². The first-order valence-corrected chi connectivity index (χ1v) is 7.96. The molecule has 0 saturated carbocycles. The topological polar surface area (TPSA) is 80.5 Å². The fraction of sp³-hybridized carbons (Fsp3) is 0.417. The molecule has 0 unspecified atom stereocenters. The van der Waals surface area contributed by atoms with Gasteiger partial charge in [-0.15, -0.1) is 0 Å². The quantitative estimate of drug-likeness (QED) is 0.898. The van der Waals surface area contributed by atoms with Crippen LogP contribution in [0.25, 0.3) is 0 Å². The zero-order valence-electron chi connectivity index (χ0n) is 11.1. The third-order valence-electron chi connectivity index (χ3n) is 2.76. The number of carbonyl (C=O) groups excluding carboxylic acids is 1. The molecule has 1 rings (SSSR count). The zero-order valence-corrected chi connectivity index (χ0v) is 12.6. The van der Waals surface area contributed by atoms with E-state index in [9.17, 15) is 13.2 Å². The molecule has 2 N–H and O–H groups in total. The summed E-state index contributed by atoms with van der Waals surface area (Å²) in [5.41, 5.74) is 6.37. The van der Waals surface area contributed by atoms with E-state index in [4.69, 9.17) is 17.3 Å². The number of halogens is 1. The van der Waals surface area contributed by atoms with Crippen molar-refractivity contribution in [3.8, 4) is 0 Å². The van der Waals surface area contributed by atoms with Crippen LogP contribution in [0.15, 0.2) is 18.2 Å². The number of benzene rings is 1. The molecular formula is C12H17ClN2O3S. The van der Waals surface area contributed by atoms with Crippen molar-refractivity contribution >= 4 is 33.2 Å². The van der Waals surface area contributed by atoms with E-state index in [0.29, 0.717) is 16.3 Å². The van der Waals surface area contributed by atoms with Crippen LogP contribution < -0.4 is 10.0 Å². The van der Waals surface area contributed by atoms with Gasteiger partial charge in [-0.25, -0.2) is 8.42 Å². The number of hydrogen-bond donors (Lipinski definition) is 1. The van der Waals surface area contributed by atoms with Gasteiger partial charge in [-0.1, -0.05) is 24.6 Å². The van der Waals surface area contributed by atoms with E-state index >= 15 is 0 Å². The van der Waals surface area contributed by atoms with E-state index in [1.54, 1.807) is 26.0 Å². The first-order valence-electron chi connectivity index (χ1n) is 5.73. The summed E-state index contributed by atoms with van der Waals surface area (Å²) in [4.78, 5) is 11.5. The predicted octanol–water partition coefficient (Wildman–Crippen LogP) is 1.68. The van der Waals surface area contributed by atoms with E-state index in [-0.39, 0.29) is 6.42 Å². The van der Waals surface area contributed by atoms with Crippen molar-refractivity contribution in [2.75, 3.05) is 10.6 Å². The third kappa shape index (κ3) is 3.61. The van der Waals surface area contributed by atoms with Crippen LogP contribution in [-0.4, -0.2) is 26.6 Å². The van der Waals surface area contributed by atoms with Crippen LogP contribution in [0, 0.1) is 6.92 Å². The van der Waals surface area contributed by atoms with Crippen molar-refractivity contribution in [3.63, 3.8) is 0 Å². The molecule has 0 spiro atoms. The number of primary amides is 1. The first kappa shape index (κ1) is 15.8. The van der Waals surface area contributed by atoms with Gasteiger partial charge in [-0.05, 0) is 31.0 Å². The summed E-state index contributed by atoms with van der Waals surface area (Å²) in [5.74, 6) is -0.688. The number of carbonyl (C=O) groups is 1. The number of nitrogens with zero attached hydrogens (tertiary/aromatic N) is 1. The fourth-order valence-electron chi connectivity index (χ4n) is 1.88. The van der Waals surface area contributed by atoms with Crippen LogP contribution in [0.3, 0.4) is 0 Å². The number of hydrogen-bond acceptors (Lipinski definition) is 3. The number of nitrogens with two attached hydrogens (primary N) is 1. The minimum atomic E-state index is -3.64. The number of amides is 1. The average Bonchev–Trinajstić information content (AvgIpc) is 2.27. The Morgan fingerprint density at radius 1 is 1.47 bits per heavy atom. The van der Waals surface area contributed by atoms with Gasteiger partial charge in [0.25, 0.3) is 0 Å². The maximum atomic E-state index is 12.0. The smallest absolute Gasteiger partial charge is 0.241 e. The highest BCUT2D eigenvalue weighted by atomic mass is 35.5. The largest absolute Gasteiger partial charge is 0.368 e. The number of anilines is 1. The summed E-state index contributed by atoms with van der Waals surface area (Å²) in [6, 6.07) is 3.95. The van der Waals surface area contributed by atoms with E-state index in [2.05, 4.69) is 0 Å². The average molecular weight is 305 g/mol. The molecule has 1 amide bonds. The molecule has 1 aromatic carbocycles. The maximum Gasteiger partial charge on any atom is 0.241 e. The Labute approximate surface area is 118 Å². The SMILES string of the molecule is CC[C@@H](C(N)=O)N(c1cc(Cl)ccc1C)S(C)(=O)=O. The summed E-state index contributed by atoms with van der Waals surface area (Å²) in [5, 5.41) is 0.397. The standard InChI is InChI=1S/C12H17ClN2O3S/c1-4-10(12(14)16)15(19(3,17)18)11-7-9(13)6-5-8(11)2/h5-7,10H,4H2,1-3H3,(H2,14,16)/t10-/m0/s1. The highest BCUT2D eigenvalue weighted by Crippen LogP contribution is 2.28. The summed E-state index contributed by atoms with van der Waals surface area (Å²) >= 11 is 5.90. The normalized spacial score (nSPS) is 13.1. The van der Waals surface area contributed by atoms with Crippen molar-refractivity contribution in [1.29, 1.82) is 0 Å². The lowest BCUT2D eigenvalue weighted by atomic mass is 10.1. The highest BCUT2D eigenvalue weighted by Gasteiger charge is 2.30. The van der Waals surface area contributed by atoms with E-state index in [0.717, 1.165) is 10.6 Å². The molecule has 0 bridgehead atoms.